The number of carbonyl (C=O) groups excluding carboxylic acids is 2. The average Bonchev–Trinajstić information content (AvgIpc) is 2.63. The highest BCUT2D eigenvalue weighted by Crippen LogP contribution is 2.17. The van der Waals surface area contributed by atoms with E-state index in [2.05, 4.69) is 10.6 Å². The predicted octanol–water partition coefficient (Wildman–Crippen LogP) is 3.99. The Morgan fingerprint density at radius 2 is 1.62 bits per heavy atom. The van der Waals surface area contributed by atoms with Gasteiger partial charge in [0.25, 0.3) is 5.91 Å². The van der Waals surface area contributed by atoms with Crippen LogP contribution in [0, 0.1) is 6.92 Å². The van der Waals surface area contributed by atoms with Crippen LogP contribution in [0.3, 0.4) is 0 Å². The van der Waals surface area contributed by atoms with Crippen LogP contribution in [0.15, 0.2) is 48.5 Å². The molecule has 2 rings (SSSR count). The van der Waals surface area contributed by atoms with Crippen molar-refractivity contribution in [3.63, 3.8) is 0 Å². The molecule has 0 aliphatic carbocycles. The van der Waals surface area contributed by atoms with E-state index in [-0.39, 0.29) is 17.9 Å². The highest BCUT2D eigenvalue weighted by Gasteiger charge is 2.17. The topological polar surface area (TPSA) is 67.4 Å². The van der Waals surface area contributed by atoms with Crippen molar-refractivity contribution in [1.29, 1.82) is 0 Å². The maximum atomic E-state index is 12.4. The Hall–Kier alpha value is -2.82. The molecule has 0 aliphatic heterocycles. The average molecular weight is 354 g/mol. The van der Waals surface area contributed by atoms with E-state index in [1.54, 1.807) is 13.8 Å². The second-order valence-corrected chi connectivity index (χ2v) is 6.33. The van der Waals surface area contributed by atoms with Crippen molar-refractivity contribution >= 4 is 17.5 Å². The van der Waals surface area contributed by atoms with Gasteiger partial charge in [-0.25, -0.2) is 0 Å². The molecule has 2 amide bonds. The molecule has 2 unspecified atom stereocenters. The summed E-state index contributed by atoms with van der Waals surface area (Å²) in [5.41, 5.74) is 2.84. The number of hydrogen-bond acceptors (Lipinski definition) is 3. The number of nitrogens with one attached hydrogen (secondary N) is 2. The first-order chi connectivity index (χ1) is 12.4. The highest BCUT2D eigenvalue weighted by molar-refractivity contribution is 5.90. The summed E-state index contributed by atoms with van der Waals surface area (Å²) in [4.78, 5) is 23.8. The SMILES string of the molecule is CCC(=O)Nc1ccc(C(C)NC(=O)C(C)Oc2ccc(C)cc2)cc1. The molecule has 138 valence electrons. The third-order valence-electron chi connectivity index (χ3n) is 4.08. The first-order valence-electron chi connectivity index (χ1n) is 8.82. The fourth-order valence-corrected chi connectivity index (χ4v) is 2.39. The Morgan fingerprint density at radius 1 is 1.00 bits per heavy atom. The summed E-state index contributed by atoms with van der Waals surface area (Å²) < 4.78 is 5.68. The monoisotopic (exact) mass is 354 g/mol. The molecule has 2 N–H and O–H groups in total. The molecule has 2 aromatic carbocycles. The molecule has 5 nitrogen and oxygen atoms in total. The number of aryl methyl sites for hydroxylation is 1. The Labute approximate surface area is 154 Å². The molecular weight excluding hydrogens is 328 g/mol. The van der Waals surface area contributed by atoms with Gasteiger partial charge in [-0.2, -0.15) is 0 Å². The lowest BCUT2D eigenvalue weighted by Gasteiger charge is -2.19. The Balaban J connectivity index is 1.91. The number of anilines is 1. The van der Waals surface area contributed by atoms with Gasteiger partial charge >= 0.3 is 0 Å². The lowest BCUT2D eigenvalue weighted by Crippen LogP contribution is -2.37. The van der Waals surface area contributed by atoms with Gasteiger partial charge in [-0.15, -0.1) is 0 Å². The molecule has 0 aromatic heterocycles. The van der Waals surface area contributed by atoms with Gasteiger partial charge in [-0.05, 0) is 50.6 Å². The summed E-state index contributed by atoms with van der Waals surface area (Å²) in [7, 11) is 0. The van der Waals surface area contributed by atoms with Crippen LogP contribution < -0.4 is 15.4 Å². The maximum absolute atomic E-state index is 12.4. The molecule has 2 atom stereocenters. The lowest BCUT2D eigenvalue weighted by atomic mass is 10.1. The van der Waals surface area contributed by atoms with Gasteiger partial charge in [0.05, 0.1) is 6.04 Å². The smallest absolute Gasteiger partial charge is 0.261 e. The fraction of sp³-hybridized carbons (Fsp3) is 0.333. The number of hydrogen-bond donors (Lipinski definition) is 2. The van der Waals surface area contributed by atoms with E-state index in [0.29, 0.717) is 12.2 Å². The van der Waals surface area contributed by atoms with Crippen molar-refractivity contribution in [3.8, 4) is 5.75 Å². The number of rotatable bonds is 7. The number of carbonyl (C=O) groups is 2. The van der Waals surface area contributed by atoms with Crippen LogP contribution in [0.5, 0.6) is 5.75 Å². The quantitative estimate of drug-likeness (QED) is 0.790. The van der Waals surface area contributed by atoms with Gasteiger partial charge in [0.15, 0.2) is 6.10 Å². The predicted molar refractivity (Wildman–Crippen MR) is 103 cm³/mol. The normalized spacial score (nSPS) is 12.8. The molecule has 0 fully saturated rings. The largest absolute Gasteiger partial charge is 0.481 e. The van der Waals surface area contributed by atoms with Crippen LogP contribution in [-0.4, -0.2) is 17.9 Å². The Kier molecular flexibility index (Phi) is 6.78. The van der Waals surface area contributed by atoms with Crippen LogP contribution in [0.1, 0.15) is 44.4 Å². The van der Waals surface area contributed by atoms with Crippen molar-refractivity contribution in [2.45, 2.75) is 46.3 Å². The van der Waals surface area contributed by atoms with Gasteiger partial charge in [-0.3, -0.25) is 9.59 Å². The standard InChI is InChI=1S/C21H26N2O3/c1-5-20(24)23-18-10-8-17(9-11-18)15(3)22-21(25)16(4)26-19-12-6-14(2)7-13-19/h6-13,15-16H,5H2,1-4H3,(H,22,25)(H,23,24). The van der Waals surface area contributed by atoms with E-state index >= 15 is 0 Å². The summed E-state index contributed by atoms with van der Waals surface area (Å²) in [6.45, 7) is 7.45. The van der Waals surface area contributed by atoms with Crippen molar-refractivity contribution in [2.24, 2.45) is 0 Å². The minimum absolute atomic E-state index is 0.0267. The zero-order chi connectivity index (χ0) is 19.1. The molecule has 0 heterocycles. The van der Waals surface area contributed by atoms with E-state index in [1.165, 1.54) is 0 Å². The van der Waals surface area contributed by atoms with Gasteiger partial charge in [0, 0.05) is 12.1 Å². The van der Waals surface area contributed by atoms with Gasteiger partial charge in [0.1, 0.15) is 5.75 Å². The van der Waals surface area contributed by atoms with Crippen molar-refractivity contribution in [3.05, 3.63) is 59.7 Å². The summed E-state index contributed by atoms with van der Waals surface area (Å²) in [5.74, 6) is 0.463. The first-order valence-corrected chi connectivity index (χ1v) is 8.82. The molecular formula is C21H26N2O3. The van der Waals surface area contributed by atoms with Crippen LogP contribution in [0.2, 0.25) is 0 Å². The number of benzene rings is 2. The van der Waals surface area contributed by atoms with Crippen LogP contribution in [0.25, 0.3) is 0 Å². The summed E-state index contributed by atoms with van der Waals surface area (Å²) in [6, 6.07) is 14.9. The zero-order valence-corrected chi connectivity index (χ0v) is 15.7. The molecule has 0 saturated carbocycles. The number of amides is 2. The fourth-order valence-electron chi connectivity index (χ4n) is 2.39. The van der Waals surface area contributed by atoms with Crippen molar-refractivity contribution < 1.29 is 14.3 Å². The first kappa shape index (κ1) is 19.5. The summed E-state index contributed by atoms with van der Waals surface area (Å²) in [6.07, 6.45) is -0.157. The molecule has 0 bridgehead atoms. The third-order valence-corrected chi connectivity index (χ3v) is 4.08. The molecule has 5 heteroatoms. The van der Waals surface area contributed by atoms with Crippen LogP contribution >= 0.6 is 0 Å². The maximum Gasteiger partial charge on any atom is 0.261 e. The van der Waals surface area contributed by atoms with E-state index in [9.17, 15) is 9.59 Å². The molecule has 0 spiro atoms. The number of ether oxygens (including phenoxy) is 1. The van der Waals surface area contributed by atoms with Gasteiger partial charge in [-0.1, -0.05) is 36.8 Å². The van der Waals surface area contributed by atoms with Crippen LogP contribution in [-0.2, 0) is 9.59 Å². The van der Waals surface area contributed by atoms with E-state index < -0.39 is 6.10 Å². The van der Waals surface area contributed by atoms with Gasteiger partial charge in [0.2, 0.25) is 5.91 Å². The highest BCUT2D eigenvalue weighted by atomic mass is 16.5. The van der Waals surface area contributed by atoms with Crippen LogP contribution in [0.4, 0.5) is 5.69 Å². The minimum Gasteiger partial charge on any atom is -0.481 e. The second-order valence-electron chi connectivity index (χ2n) is 6.33. The Bertz CT molecular complexity index is 739. The molecule has 26 heavy (non-hydrogen) atoms. The van der Waals surface area contributed by atoms with Gasteiger partial charge < -0.3 is 15.4 Å². The van der Waals surface area contributed by atoms with Crippen molar-refractivity contribution in [2.75, 3.05) is 5.32 Å². The second kappa shape index (κ2) is 9.04. The summed E-state index contributed by atoms with van der Waals surface area (Å²) >= 11 is 0. The Morgan fingerprint density at radius 3 is 2.19 bits per heavy atom. The minimum atomic E-state index is -0.594. The molecule has 0 radical (unpaired) electrons. The molecule has 2 aromatic rings. The van der Waals surface area contributed by atoms with Crippen molar-refractivity contribution in [1.82, 2.24) is 5.32 Å². The molecule has 0 saturated heterocycles. The van der Waals surface area contributed by atoms with E-state index in [1.807, 2.05) is 62.4 Å². The molecule has 0 aliphatic rings. The summed E-state index contributed by atoms with van der Waals surface area (Å²) in [5, 5.41) is 5.75. The van der Waals surface area contributed by atoms with E-state index in [0.717, 1.165) is 16.8 Å². The third kappa shape index (κ3) is 5.62. The lowest BCUT2D eigenvalue weighted by molar-refractivity contribution is -0.128. The van der Waals surface area contributed by atoms with E-state index in [4.69, 9.17) is 4.74 Å². The zero-order valence-electron chi connectivity index (χ0n) is 15.7.